The molecule has 190 valence electrons. The van der Waals surface area contributed by atoms with Crippen LogP contribution in [0.5, 0.6) is 0 Å². The number of methoxy groups -OCH3 is 1. The van der Waals surface area contributed by atoms with Gasteiger partial charge in [0.15, 0.2) is 0 Å². The molecule has 0 saturated carbocycles. The van der Waals surface area contributed by atoms with Gasteiger partial charge < -0.3 is 9.16 Å². The third-order valence-electron chi connectivity index (χ3n) is 7.11. The number of ether oxygens (including phenoxy) is 1. The Labute approximate surface area is 218 Å². The van der Waals surface area contributed by atoms with E-state index in [9.17, 15) is 0 Å². The van der Waals surface area contributed by atoms with Crippen molar-refractivity contribution in [3.63, 3.8) is 0 Å². The molecule has 0 aromatic heterocycles. The molecule has 36 heavy (non-hydrogen) atoms. The molecule has 3 aromatic rings. The van der Waals surface area contributed by atoms with Crippen LogP contribution in [-0.2, 0) is 15.6 Å². The van der Waals surface area contributed by atoms with Crippen molar-refractivity contribution in [3.8, 4) is 0 Å². The van der Waals surface area contributed by atoms with Gasteiger partial charge in [-0.1, -0.05) is 112 Å². The first kappa shape index (κ1) is 26.3. The van der Waals surface area contributed by atoms with Crippen LogP contribution in [0.25, 0.3) is 0 Å². The molecule has 1 saturated heterocycles. The largest absolute Gasteiger partial charge is 0.399 e. The highest BCUT2D eigenvalue weighted by Gasteiger charge is 2.51. The van der Waals surface area contributed by atoms with Crippen LogP contribution in [0.15, 0.2) is 96.1 Å². The molecule has 3 aromatic carbocycles. The lowest BCUT2D eigenvalue weighted by Gasteiger charge is -2.44. The standard InChI is InChI=1S/C31H40N2O2Si/c1-31(2,3)36(29-18-10-6-11-19-29,30-20-12-7-13-21-30)35-28(23-26-15-8-5-9-16-26)24-32-33-22-14-17-27(33)25-34-4/h5-13,15-16,18-21,24,27-28H,14,17,22-23,25H2,1-4H3/b32-24+/t27-,28-/m0/s1. The van der Waals surface area contributed by atoms with Crippen LogP contribution in [-0.4, -0.2) is 51.9 Å². The summed E-state index contributed by atoms with van der Waals surface area (Å²) in [7, 11) is -0.941. The molecule has 1 heterocycles. The topological polar surface area (TPSA) is 34.1 Å². The Hall–Kier alpha value is -2.73. The lowest BCUT2D eigenvalue weighted by molar-refractivity contribution is 0.117. The number of hydrogen-bond donors (Lipinski definition) is 0. The predicted octanol–water partition coefficient (Wildman–Crippen LogP) is 5.27. The second kappa shape index (κ2) is 12.0. The van der Waals surface area contributed by atoms with Crippen molar-refractivity contribution in [1.29, 1.82) is 0 Å². The van der Waals surface area contributed by atoms with Gasteiger partial charge in [-0.15, -0.1) is 0 Å². The summed E-state index contributed by atoms with van der Waals surface area (Å²) in [5.41, 5.74) is 1.25. The minimum atomic E-state index is -2.71. The van der Waals surface area contributed by atoms with Crippen molar-refractivity contribution >= 4 is 24.9 Å². The highest BCUT2D eigenvalue weighted by atomic mass is 28.4. The smallest absolute Gasteiger partial charge is 0.261 e. The maximum absolute atomic E-state index is 7.47. The first-order valence-electron chi connectivity index (χ1n) is 13.1. The normalized spacial score (nSPS) is 17.6. The predicted molar refractivity (Wildman–Crippen MR) is 153 cm³/mol. The van der Waals surface area contributed by atoms with Gasteiger partial charge in [-0.2, -0.15) is 5.10 Å². The highest BCUT2D eigenvalue weighted by Crippen LogP contribution is 2.37. The molecule has 1 aliphatic heterocycles. The molecule has 0 bridgehead atoms. The van der Waals surface area contributed by atoms with E-state index in [1.54, 1.807) is 7.11 Å². The Morgan fingerprint density at radius 2 is 1.47 bits per heavy atom. The summed E-state index contributed by atoms with van der Waals surface area (Å²) >= 11 is 0. The second-order valence-corrected chi connectivity index (χ2v) is 14.9. The molecule has 0 amide bonds. The summed E-state index contributed by atoms with van der Waals surface area (Å²) in [6.45, 7) is 8.64. The van der Waals surface area contributed by atoms with E-state index in [4.69, 9.17) is 14.3 Å². The van der Waals surface area contributed by atoms with Crippen molar-refractivity contribution in [3.05, 3.63) is 96.6 Å². The summed E-state index contributed by atoms with van der Waals surface area (Å²) in [4.78, 5) is 0. The van der Waals surface area contributed by atoms with Gasteiger partial charge in [-0.3, -0.25) is 5.01 Å². The molecular formula is C31H40N2O2Si. The van der Waals surface area contributed by atoms with Gasteiger partial charge in [0, 0.05) is 20.1 Å². The fourth-order valence-electron chi connectivity index (χ4n) is 5.38. The number of benzene rings is 3. The average Bonchev–Trinajstić information content (AvgIpc) is 3.34. The van der Waals surface area contributed by atoms with Gasteiger partial charge in [-0.05, 0) is 33.8 Å². The Kier molecular flexibility index (Phi) is 8.78. The fraction of sp³-hybridized carbons (Fsp3) is 0.387. The van der Waals surface area contributed by atoms with Crippen LogP contribution in [0.2, 0.25) is 5.04 Å². The SMILES string of the molecule is COC[C@@H]1CCCN1/N=C/[C@H](Cc1ccccc1)O[Si](c1ccccc1)(c1ccccc1)C(C)(C)C. The van der Waals surface area contributed by atoms with Crippen LogP contribution in [0, 0.1) is 0 Å². The van der Waals surface area contributed by atoms with Gasteiger partial charge in [0.1, 0.15) is 0 Å². The van der Waals surface area contributed by atoms with Gasteiger partial charge in [0.2, 0.25) is 0 Å². The van der Waals surface area contributed by atoms with Crippen molar-refractivity contribution in [2.75, 3.05) is 20.3 Å². The van der Waals surface area contributed by atoms with Crippen molar-refractivity contribution in [2.45, 2.75) is 57.2 Å². The molecule has 1 fully saturated rings. The Morgan fingerprint density at radius 1 is 0.917 bits per heavy atom. The van der Waals surface area contributed by atoms with Gasteiger partial charge in [-0.25, -0.2) is 0 Å². The van der Waals surface area contributed by atoms with E-state index in [1.807, 2.05) is 0 Å². The summed E-state index contributed by atoms with van der Waals surface area (Å²) in [5, 5.41) is 9.67. The first-order chi connectivity index (χ1) is 17.4. The maximum Gasteiger partial charge on any atom is 0.261 e. The lowest BCUT2D eigenvalue weighted by atomic mass is 10.1. The van der Waals surface area contributed by atoms with Crippen LogP contribution in [0.4, 0.5) is 0 Å². The molecule has 2 atom stereocenters. The van der Waals surface area contributed by atoms with Crippen LogP contribution in [0.1, 0.15) is 39.2 Å². The lowest BCUT2D eigenvalue weighted by Crippen LogP contribution is -2.68. The van der Waals surface area contributed by atoms with Crippen LogP contribution >= 0.6 is 0 Å². The molecule has 0 aliphatic carbocycles. The summed E-state index contributed by atoms with van der Waals surface area (Å²) in [5.74, 6) is 0. The molecule has 4 rings (SSSR count). The molecule has 1 aliphatic rings. The van der Waals surface area contributed by atoms with Crippen molar-refractivity contribution in [1.82, 2.24) is 5.01 Å². The van der Waals surface area contributed by atoms with E-state index in [1.165, 1.54) is 15.9 Å². The molecule has 0 N–H and O–H groups in total. The Bertz CT molecular complexity index is 1040. The number of hydrazone groups is 1. The van der Waals surface area contributed by atoms with Gasteiger partial charge >= 0.3 is 0 Å². The summed E-state index contributed by atoms with van der Waals surface area (Å²) < 4.78 is 12.9. The van der Waals surface area contributed by atoms with E-state index in [2.05, 4.69) is 123 Å². The second-order valence-electron chi connectivity index (χ2n) is 10.7. The van der Waals surface area contributed by atoms with E-state index < -0.39 is 8.32 Å². The van der Waals surface area contributed by atoms with E-state index in [0.717, 1.165) is 25.8 Å². The number of nitrogens with zero attached hydrogens (tertiary/aromatic N) is 2. The molecule has 0 radical (unpaired) electrons. The van der Waals surface area contributed by atoms with Crippen molar-refractivity contribution < 1.29 is 9.16 Å². The minimum absolute atomic E-state index is 0.0925. The molecule has 4 nitrogen and oxygen atoms in total. The van der Waals surface area contributed by atoms with Crippen LogP contribution < -0.4 is 10.4 Å². The third kappa shape index (κ3) is 5.97. The van der Waals surface area contributed by atoms with E-state index in [0.29, 0.717) is 12.6 Å². The summed E-state index contributed by atoms with van der Waals surface area (Å²) in [6, 6.07) is 32.6. The maximum atomic E-state index is 7.47. The van der Waals surface area contributed by atoms with Gasteiger partial charge in [0.25, 0.3) is 8.32 Å². The number of rotatable bonds is 10. The zero-order chi connectivity index (χ0) is 25.4. The summed E-state index contributed by atoms with van der Waals surface area (Å²) in [6.07, 6.45) is 4.93. The quantitative estimate of drug-likeness (QED) is 0.281. The van der Waals surface area contributed by atoms with E-state index >= 15 is 0 Å². The minimum Gasteiger partial charge on any atom is -0.399 e. The zero-order valence-electron chi connectivity index (χ0n) is 22.1. The highest BCUT2D eigenvalue weighted by molar-refractivity contribution is 6.99. The van der Waals surface area contributed by atoms with E-state index in [-0.39, 0.29) is 11.1 Å². The van der Waals surface area contributed by atoms with Gasteiger partial charge in [0.05, 0.1) is 25.0 Å². The third-order valence-corrected chi connectivity index (χ3v) is 12.2. The van der Waals surface area contributed by atoms with Crippen molar-refractivity contribution in [2.24, 2.45) is 5.10 Å². The Morgan fingerprint density at radius 3 is 2.00 bits per heavy atom. The Balaban J connectivity index is 1.77. The number of hydrogen-bond acceptors (Lipinski definition) is 4. The molecular weight excluding hydrogens is 460 g/mol. The molecule has 0 unspecified atom stereocenters. The average molecular weight is 501 g/mol. The van der Waals surface area contributed by atoms with Crippen LogP contribution in [0.3, 0.4) is 0 Å². The first-order valence-corrected chi connectivity index (χ1v) is 15.0. The monoisotopic (exact) mass is 500 g/mol. The molecule has 0 spiro atoms. The zero-order valence-corrected chi connectivity index (χ0v) is 23.1. The fourth-order valence-corrected chi connectivity index (χ4v) is 10.00. The molecule has 5 heteroatoms.